The molecular weight excluding hydrogens is 208 g/mol. The third kappa shape index (κ3) is 1.26. The fraction of sp³-hybridized carbons (Fsp3) is 0.250. The largest absolute Gasteiger partial charge is 0.336 e. The van der Waals surface area contributed by atoms with Crippen LogP contribution >= 0.6 is 15.9 Å². The average Bonchev–Trinajstić information content (AvgIpc) is 2.06. The molecule has 2 rings (SSSR count). The fourth-order valence-corrected chi connectivity index (χ4v) is 1.57. The highest BCUT2D eigenvalue weighted by atomic mass is 79.9. The number of halogens is 1. The van der Waals surface area contributed by atoms with E-state index in [0.29, 0.717) is 6.61 Å². The van der Waals surface area contributed by atoms with E-state index in [0.717, 1.165) is 16.6 Å². The molecule has 0 aliphatic carbocycles. The minimum absolute atomic E-state index is 0.642. The van der Waals surface area contributed by atoms with Gasteiger partial charge < -0.3 is 4.89 Å². The molecule has 0 saturated heterocycles. The summed E-state index contributed by atoms with van der Waals surface area (Å²) in [6.45, 7) is 0.642. The van der Waals surface area contributed by atoms with Crippen molar-refractivity contribution in [3.8, 4) is 5.75 Å². The van der Waals surface area contributed by atoms with Crippen molar-refractivity contribution in [3.63, 3.8) is 0 Å². The van der Waals surface area contributed by atoms with E-state index in [2.05, 4.69) is 15.9 Å². The van der Waals surface area contributed by atoms with E-state index < -0.39 is 0 Å². The number of para-hydroxylation sites is 1. The minimum atomic E-state index is 0.642. The van der Waals surface area contributed by atoms with Crippen LogP contribution in [0.3, 0.4) is 0 Å². The van der Waals surface area contributed by atoms with E-state index in [1.54, 1.807) is 0 Å². The van der Waals surface area contributed by atoms with Crippen molar-refractivity contribution >= 4 is 15.9 Å². The Morgan fingerprint density at radius 1 is 1.36 bits per heavy atom. The van der Waals surface area contributed by atoms with Crippen LogP contribution in [-0.2, 0) is 11.3 Å². The van der Waals surface area contributed by atoms with Crippen molar-refractivity contribution in [1.82, 2.24) is 0 Å². The number of hydrogen-bond donors (Lipinski definition) is 0. The summed E-state index contributed by atoms with van der Waals surface area (Å²) >= 11 is 3.38. The molecule has 0 unspecified atom stereocenters. The Kier molecular flexibility index (Phi) is 1.84. The first-order valence-corrected chi connectivity index (χ1v) is 4.24. The summed E-state index contributed by atoms with van der Waals surface area (Å²) in [5.74, 6) is 0.818. The van der Waals surface area contributed by atoms with Crippen LogP contribution in [0.5, 0.6) is 5.75 Å². The van der Waals surface area contributed by atoms with Gasteiger partial charge in [-0.15, -0.1) is 0 Å². The van der Waals surface area contributed by atoms with Crippen molar-refractivity contribution in [2.45, 2.75) is 6.42 Å². The highest BCUT2D eigenvalue weighted by molar-refractivity contribution is 9.10. The number of rotatable bonds is 0. The van der Waals surface area contributed by atoms with Crippen LogP contribution in [0.25, 0.3) is 0 Å². The molecule has 0 spiro atoms. The smallest absolute Gasteiger partial charge is 0.182 e. The Morgan fingerprint density at radius 3 is 3.09 bits per heavy atom. The molecule has 58 valence electrons. The van der Waals surface area contributed by atoms with Gasteiger partial charge in [-0.05, 0) is 22.0 Å². The van der Waals surface area contributed by atoms with Crippen molar-refractivity contribution in [2.24, 2.45) is 0 Å². The van der Waals surface area contributed by atoms with Gasteiger partial charge in [0.1, 0.15) is 0 Å². The van der Waals surface area contributed by atoms with Gasteiger partial charge >= 0.3 is 0 Å². The van der Waals surface area contributed by atoms with E-state index in [1.807, 2.05) is 18.2 Å². The number of benzene rings is 1. The normalized spacial score (nSPS) is 15.4. The van der Waals surface area contributed by atoms with Crippen LogP contribution in [-0.4, -0.2) is 6.61 Å². The first kappa shape index (κ1) is 7.13. The quantitative estimate of drug-likeness (QED) is 0.618. The van der Waals surface area contributed by atoms with E-state index in [-0.39, 0.29) is 0 Å². The van der Waals surface area contributed by atoms with Gasteiger partial charge in [0, 0.05) is 12.0 Å². The Morgan fingerprint density at radius 2 is 2.27 bits per heavy atom. The Labute approximate surface area is 73.2 Å². The minimum Gasteiger partial charge on any atom is -0.336 e. The van der Waals surface area contributed by atoms with Gasteiger partial charge in [0.05, 0.1) is 11.1 Å². The Balaban J connectivity index is 2.49. The lowest BCUT2D eigenvalue weighted by molar-refractivity contribution is -0.215. The van der Waals surface area contributed by atoms with Crippen molar-refractivity contribution < 1.29 is 9.78 Å². The standard InChI is InChI=1S/C8H7BrO2/c9-7-3-1-2-6-4-5-10-11-8(6)7/h1-3H,4-5H2. The third-order valence-electron chi connectivity index (χ3n) is 1.65. The maximum atomic E-state index is 5.01. The second-order valence-electron chi connectivity index (χ2n) is 2.38. The number of fused-ring (bicyclic) bond motifs is 1. The van der Waals surface area contributed by atoms with E-state index in [9.17, 15) is 0 Å². The summed E-state index contributed by atoms with van der Waals surface area (Å²) in [4.78, 5) is 9.85. The van der Waals surface area contributed by atoms with Crippen LogP contribution in [0.15, 0.2) is 22.7 Å². The molecule has 3 heteroatoms. The molecule has 1 aliphatic heterocycles. The second kappa shape index (κ2) is 2.83. The molecule has 0 radical (unpaired) electrons. The Bertz CT molecular complexity index is 273. The SMILES string of the molecule is Brc1cccc2c1OOCC2. The highest BCUT2D eigenvalue weighted by Crippen LogP contribution is 2.31. The first-order valence-electron chi connectivity index (χ1n) is 3.45. The lowest BCUT2D eigenvalue weighted by atomic mass is 10.1. The van der Waals surface area contributed by atoms with Crippen LogP contribution in [0, 0.1) is 0 Å². The molecule has 0 fully saturated rings. The lowest BCUT2D eigenvalue weighted by Gasteiger charge is -2.15. The molecule has 0 atom stereocenters. The predicted molar refractivity (Wildman–Crippen MR) is 44.4 cm³/mol. The molecule has 1 aliphatic rings. The van der Waals surface area contributed by atoms with E-state index in [4.69, 9.17) is 9.78 Å². The van der Waals surface area contributed by atoms with E-state index >= 15 is 0 Å². The fourth-order valence-electron chi connectivity index (χ4n) is 1.10. The topological polar surface area (TPSA) is 18.5 Å². The highest BCUT2D eigenvalue weighted by Gasteiger charge is 2.13. The molecule has 0 aromatic heterocycles. The zero-order valence-electron chi connectivity index (χ0n) is 5.84. The summed E-state index contributed by atoms with van der Waals surface area (Å²) in [5.41, 5.74) is 1.20. The number of hydrogen-bond acceptors (Lipinski definition) is 2. The molecule has 11 heavy (non-hydrogen) atoms. The molecular formula is C8H7BrO2. The van der Waals surface area contributed by atoms with E-state index in [1.165, 1.54) is 5.56 Å². The summed E-state index contributed by atoms with van der Waals surface area (Å²) in [6, 6.07) is 5.98. The maximum absolute atomic E-state index is 5.01. The van der Waals surface area contributed by atoms with Crippen molar-refractivity contribution in [3.05, 3.63) is 28.2 Å². The van der Waals surface area contributed by atoms with Gasteiger partial charge in [0.15, 0.2) is 5.75 Å². The van der Waals surface area contributed by atoms with Gasteiger partial charge in [-0.25, -0.2) is 0 Å². The van der Waals surface area contributed by atoms with Gasteiger partial charge in [-0.3, -0.25) is 0 Å². The van der Waals surface area contributed by atoms with Gasteiger partial charge in [-0.2, -0.15) is 4.89 Å². The molecule has 0 amide bonds. The summed E-state index contributed by atoms with van der Waals surface area (Å²) in [5, 5.41) is 0. The molecule has 1 aromatic rings. The molecule has 0 bridgehead atoms. The van der Waals surface area contributed by atoms with Gasteiger partial charge in [-0.1, -0.05) is 12.1 Å². The molecule has 0 N–H and O–H groups in total. The lowest BCUT2D eigenvalue weighted by Crippen LogP contribution is -2.10. The van der Waals surface area contributed by atoms with Gasteiger partial charge in [0.2, 0.25) is 0 Å². The zero-order valence-corrected chi connectivity index (χ0v) is 7.43. The van der Waals surface area contributed by atoms with Crippen molar-refractivity contribution in [1.29, 1.82) is 0 Å². The first-order chi connectivity index (χ1) is 5.38. The molecule has 0 saturated carbocycles. The second-order valence-corrected chi connectivity index (χ2v) is 3.24. The molecule has 1 aromatic carbocycles. The summed E-state index contributed by atoms with van der Waals surface area (Å²) < 4.78 is 0.953. The van der Waals surface area contributed by atoms with Crippen molar-refractivity contribution in [2.75, 3.05) is 6.61 Å². The van der Waals surface area contributed by atoms with Crippen LogP contribution in [0.2, 0.25) is 0 Å². The monoisotopic (exact) mass is 214 g/mol. The molecule has 2 nitrogen and oxygen atoms in total. The van der Waals surface area contributed by atoms with Crippen LogP contribution in [0.4, 0.5) is 0 Å². The Hall–Kier alpha value is -0.540. The maximum Gasteiger partial charge on any atom is 0.182 e. The van der Waals surface area contributed by atoms with Crippen LogP contribution < -0.4 is 4.89 Å². The van der Waals surface area contributed by atoms with Gasteiger partial charge in [0.25, 0.3) is 0 Å². The molecule has 1 heterocycles. The summed E-state index contributed by atoms with van der Waals surface area (Å²) in [7, 11) is 0. The average molecular weight is 215 g/mol. The predicted octanol–water partition coefficient (Wildman–Crippen LogP) is 2.32. The third-order valence-corrected chi connectivity index (χ3v) is 2.27. The zero-order chi connectivity index (χ0) is 7.68. The van der Waals surface area contributed by atoms with Crippen LogP contribution in [0.1, 0.15) is 5.56 Å². The summed E-state index contributed by atoms with van der Waals surface area (Å²) in [6.07, 6.45) is 0.925.